The van der Waals surface area contributed by atoms with Gasteiger partial charge in [0, 0.05) is 0 Å². The maximum absolute atomic E-state index is 12.3. The Kier molecular flexibility index (Phi) is 6.01. The molecule has 0 unspecified atom stereocenters. The molecule has 0 atom stereocenters. The van der Waals surface area contributed by atoms with Crippen LogP contribution in [0.1, 0.15) is 18.1 Å². The van der Waals surface area contributed by atoms with Crippen molar-refractivity contribution in [2.75, 3.05) is 6.61 Å². The molecule has 2 rings (SSSR count). The van der Waals surface area contributed by atoms with Crippen LogP contribution in [0.25, 0.3) is 0 Å². The van der Waals surface area contributed by atoms with Gasteiger partial charge in [-0.05, 0) is 59.1 Å². The van der Waals surface area contributed by atoms with Crippen molar-refractivity contribution < 1.29 is 17.9 Å². The van der Waals surface area contributed by atoms with Crippen LogP contribution in [-0.4, -0.2) is 20.9 Å². The van der Waals surface area contributed by atoms with E-state index in [4.69, 9.17) is 4.74 Å². The second-order valence-electron chi connectivity index (χ2n) is 5.16. The van der Waals surface area contributed by atoms with E-state index in [9.17, 15) is 13.2 Å². The molecule has 128 valence electrons. The SMILES string of the molecule is CCOc1ccc(S(=O)(=O)NC(=O)Cc2ccccc2C)cc1Br. The number of hydrogen-bond donors (Lipinski definition) is 1. The standard InChI is InChI=1S/C17H18BrNO4S/c1-3-23-16-9-8-14(11-15(16)18)24(21,22)19-17(20)10-13-7-5-4-6-12(13)2/h4-9,11H,3,10H2,1-2H3,(H,19,20). The zero-order valence-corrected chi connectivity index (χ0v) is 15.8. The first-order valence-electron chi connectivity index (χ1n) is 7.36. The number of benzene rings is 2. The molecule has 0 radical (unpaired) electrons. The summed E-state index contributed by atoms with van der Waals surface area (Å²) >= 11 is 3.27. The zero-order valence-electron chi connectivity index (χ0n) is 13.4. The average Bonchev–Trinajstić information content (AvgIpc) is 2.51. The summed E-state index contributed by atoms with van der Waals surface area (Å²) in [5.74, 6) is -0.0306. The minimum Gasteiger partial charge on any atom is -0.493 e. The van der Waals surface area contributed by atoms with E-state index in [0.29, 0.717) is 16.8 Å². The molecular weight excluding hydrogens is 394 g/mol. The number of carbonyl (C=O) groups is 1. The van der Waals surface area contributed by atoms with Crippen LogP contribution in [0.5, 0.6) is 5.75 Å². The van der Waals surface area contributed by atoms with E-state index in [1.54, 1.807) is 12.1 Å². The Morgan fingerprint density at radius 1 is 1.21 bits per heavy atom. The maximum atomic E-state index is 12.3. The molecule has 0 saturated carbocycles. The van der Waals surface area contributed by atoms with Gasteiger partial charge in [-0.2, -0.15) is 0 Å². The van der Waals surface area contributed by atoms with E-state index in [2.05, 4.69) is 20.7 Å². The van der Waals surface area contributed by atoms with Crippen LogP contribution in [0.2, 0.25) is 0 Å². The first-order chi connectivity index (χ1) is 11.3. The summed E-state index contributed by atoms with van der Waals surface area (Å²) in [6.07, 6.45) is 0.00407. The highest BCUT2D eigenvalue weighted by atomic mass is 79.9. The molecule has 0 aliphatic carbocycles. The van der Waals surface area contributed by atoms with Crippen molar-refractivity contribution in [3.05, 3.63) is 58.1 Å². The van der Waals surface area contributed by atoms with Crippen molar-refractivity contribution in [3.63, 3.8) is 0 Å². The van der Waals surface area contributed by atoms with Gasteiger partial charge in [-0.15, -0.1) is 0 Å². The number of carbonyl (C=O) groups excluding carboxylic acids is 1. The second-order valence-corrected chi connectivity index (χ2v) is 7.69. The van der Waals surface area contributed by atoms with Crippen molar-refractivity contribution in [2.24, 2.45) is 0 Å². The summed E-state index contributed by atoms with van der Waals surface area (Å²) in [5.41, 5.74) is 1.73. The summed E-state index contributed by atoms with van der Waals surface area (Å²) in [6.45, 7) is 4.18. The number of halogens is 1. The van der Waals surface area contributed by atoms with Crippen LogP contribution in [0, 0.1) is 6.92 Å². The highest BCUT2D eigenvalue weighted by molar-refractivity contribution is 9.10. The Hall–Kier alpha value is -1.86. The topological polar surface area (TPSA) is 72.5 Å². The molecule has 5 nitrogen and oxygen atoms in total. The lowest BCUT2D eigenvalue weighted by atomic mass is 10.1. The van der Waals surface area contributed by atoms with Crippen molar-refractivity contribution in [1.29, 1.82) is 0 Å². The Morgan fingerprint density at radius 3 is 2.54 bits per heavy atom. The predicted octanol–water partition coefficient (Wildman–Crippen LogP) is 3.20. The van der Waals surface area contributed by atoms with Gasteiger partial charge in [0.25, 0.3) is 10.0 Å². The molecule has 7 heteroatoms. The molecular formula is C17H18BrNO4S. The van der Waals surface area contributed by atoms with E-state index in [1.807, 2.05) is 32.0 Å². The smallest absolute Gasteiger partial charge is 0.264 e. The van der Waals surface area contributed by atoms with Crippen LogP contribution in [0.4, 0.5) is 0 Å². The number of ether oxygens (including phenoxy) is 1. The number of aryl methyl sites for hydroxylation is 1. The summed E-state index contributed by atoms with van der Waals surface area (Å²) < 4.78 is 32.7. The number of rotatable bonds is 6. The van der Waals surface area contributed by atoms with Gasteiger partial charge in [0.2, 0.25) is 5.91 Å². The van der Waals surface area contributed by atoms with E-state index < -0.39 is 15.9 Å². The van der Waals surface area contributed by atoms with Gasteiger partial charge in [0.15, 0.2) is 0 Å². The molecule has 0 heterocycles. The fourth-order valence-corrected chi connectivity index (χ4v) is 3.80. The van der Waals surface area contributed by atoms with Gasteiger partial charge in [-0.3, -0.25) is 4.79 Å². The molecule has 1 N–H and O–H groups in total. The van der Waals surface area contributed by atoms with E-state index in [-0.39, 0.29) is 11.3 Å². The molecule has 24 heavy (non-hydrogen) atoms. The molecule has 0 spiro atoms. The minimum atomic E-state index is -3.93. The van der Waals surface area contributed by atoms with Crippen LogP contribution in [0.15, 0.2) is 51.8 Å². The summed E-state index contributed by atoms with van der Waals surface area (Å²) in [7, 11) is -3.93. The van der Waals surface area contributed by atoms with Crippen LogP contribution in [-0.2, 0) is 21.2 Å². The first-order valence-corrected chi connectivity index (χ1v) is 9.63. The van der Waals surface area contributed by atoms with E-state index in [1.165, 1.54) is 12.1 Å². The lowest BCUT2D eigenvalue weighted by molar-refractivity contribution is -0.118. The van der Waals surface area contributed by atoms with Gasteiger partial charge < -0.3 is 4.74 Å². The van der Waals surface area contributed by atoms with Crippen molar-refractivity contribution in [2.45, 2.75) is 25.2 Å². The summed E-state index contributed by atoms with van der Waals surface area (Å²) in [4.78, 5) is 12.1. The van der Waals surface area contributed by atoms with Crippen LogP contribution in [0.3, 0.4) is 0 Å². The van der Waals surface area contributed by atoms with Gasteiger partial charge in [0.05, 0.1) is 22.4 Å². The normalized spacial score (nSPS) is 11.1. The lowest BCUT2D eigenvalue weighted by Gasteiger charge is -2.10. The largest absolute Gasteiger partial charge is 0.493 e. The monoisotopic (exact) mass is 411 g/mol. The lowest BCUT2D eigenvalue weighted by Crippen LogP contribution is -2.32. The molecule has 0 fully saturated rings. The molecule has 0 bridgehead atoms. The number of sulfonamides is 1. The van der Waals surface area contributed by atoms with Gasteiger partial charge in [0.1, 0.15) is 5.75 Å². The number of nitrogens with one attached hydrogen (secondary N) is 1. The van der Waals surface area contributed by atoms with Gasteiger partial charge >= 0.3 is 0 Å². The van der Waals surface area contributed by atoms with E-state index in [0.717, 1.165) is 11.1 Å². The highest BCUT2D eigenvalue weighted by Crippen LogP contribution is 2.27. The Balaban J connectivity index is 2.14. The third kappa shape index (κ3) is 4.58. The van der Waals surface area contributed by atoms with Crippen molar-refractivity contribution >= 4 is 31.9 Å². The average molecular weight is 412 g/mol. The highest BCUT2D eigenvalue weighted by Gasteiger charge is 2.19. The first kappa shape index (κ1) is 18.5. The zero-order chi connectivity index (χ0) is 17.7. The van der Waals surface area contributed by atoms with E-state index >= 15 is 0 Å². The quantitative estimate of drug-likeness (QED) is 0.791. The fourth-order valence-electron chi connectivity index (χ4n) is 2.15. The Labute approximate surface area is 150 Å². The van der Waals surface area contributed by atoms with Crippen molar-refractivity contribution in [1.82, 2.24) is 4.72 Å². The van der Waals surface area contributed by atoms with Crippen LogP contribution < -0.4 is 9.46 Å². The predicted molar refractivity (Wildman–Crippen MR) is 95.5 cm³/mol. The summed E-state index contributed by atoms with van der Waals surface area (Å²) in [5, 5.41) is 0. The fraction of sp³-hybridized carbons (Fsp3) is 0.235. The number of hydrogen-bond acceptors (Lipinski definition) is 4. The molecule has 2 aromatic carbocycles. The van der Waals surface area contributed by atoms with Crippen LogP contribution >= 0.6 is 15.9 Å². The summed E-state index contributed by atoms with van der Waals surface area (Å²) in [6, 6.07) is 11.7. The van der Waals surface area contributed by atoms with Gasteiger partial charge in [-0.25, -0.2) is 13.1 Å². The molecule has 0 aliphatic rings. The molecule has 2 aromatic rings. The Morgan fingerprint density at radius 2 is 1.92 bits per heavy atom. The third-order valence-electron chi connectivity index (χ3n) is 3.37. The third-order valence-corrected chi connectivity index (χ3v) is 5.36. The maximum Gasteiger partial charge on any atom is 0.264 e. The number of amides is 1. The molecule has 0 aromatic heterocycles. The second kappa shape index (κ2) is 7.81. The Bertz CT molecular complexity index is 849. The van der Waals surface area contributed by atoms with Gasteiger partial charge in [-0.1, -0.05) is 24.3 Å². The molecule has 0 aliphatic heterocycles. The molecule has 0 saturated heterocycles. The molecule has 1 amide bonds. The minimum absolute atomic E-state index is 0.00374. The van der Waals surface area contributed by atoms with Crippen molar-refractivity contribution in [3.8, 4) is 5.75 Å².